The predicted molar refractivity (Wildman–Crippen MR) is 93.0 cm³/mol. The molecule has 1 atom stereocenters. The molecule has 8 heteroatoms. The van der Waals surface area contributed by atoms with Gasteiger partial charge in [0.2, 0.25) is 10.0 Å². The third kappa shape index (κ3) is 4.27. The highest BCUT2D eigenvalue weighted by molar-refractivity contribution is 7.89. The van der Waals surface area contributed by atoms with Gasteiger partial charge in [0, 0.05) is 16.1 Å². The van der Waals surface area contributed by atoms with E-state index in [2.05, 4.69) is 9.46 Å². The van der Waals surface area contributed by atoms with Gasteiger partial charge in [0.15, 0.2) is 0 Å². The molecule has 5 nitrogen and oxygen atoms in total. The van der Waals surface area contributed by atoms with E-state index in [4.69, 9.17) is 23.2 Å². The van der Waals surface area contributed by atoms with E-state index < -0.39 is 22.0 Å². The molecule has 24 heavy (non-hydrogen) atoms. The zero-order valence-corrected chi connectivity index (χ0v) is 15.2. The van der Waals surface area contributed by atoms with Gasteiger partial charge in [-0.3, -0.25) is 0 Å². The van der Waals surface area contributed by atoms with E-state index in [1.807, 2.05) is 0 Å². The van der Waals surface area contributed by atoms with Crippen molar-refractivity contribution in [3.05, 3.63) is 63.6 Å². The lowest BCUT2D eigenvalue weighted by Crippen LogP contribution is -2.27. The number of benzene rings is 2. The number of rotatable bonds is 5. The number of halogens is 2. The Balaban J connectivity index is 2.29. The van der Waals surface area contributed by atoms with Gasteiger partial charge in [-0.15, -0.1) is 0 Å². The Hall–Kier alpha value is -1.60. The average Bonchev–Trinajstić information content (AvgIpc) is 2.53. The minimum absolute atomic E-state index is 0.0395. The summed E-state index contributed by atoms with van der Waals surface area (Å²) in [4.78, 5) is 11.5. The molecule has 0 saturated heterocycles. The smallest absolute Gasteiger partial charge is 0.337 e. The van der Waals surface area contributed by atoms with Crippen LogP contribution in [0, 0.1) is 0 Å². The van der Waals surface area contributed by atoms with Crippen molar-refractivity contribution in [1.82, 2.24) is 4.72 Å². The van der Waals surface area contributed by atoms with Crippen molar-refractivity contribution in [2.45, 2.75) is 17.9 Å². The summed E-state index contributed by atoms with van der Waals surface area (Å²) in [5.74, 6) is -0.610. The van der Waals surface area contributed by atoms with Crippen LogP contribution in [0.15, 0.2) is 47.4 Å². The van der Waals surface area contributed by atoms with Gasteiger partial charge >= 0.3 is 5.97 Å². The standard InChI is InChI=1S/C16H15Cl2NO4S/c1-10(14-7-6-12(17)9-15(14)18)19-24(21,22)13-5-3-4-11(8-13)16(20)23-2/h3-10,19H,1-2H3/t10-/m0/s1. The second-order valence-corrected chi connectivity index (χ2v) is 7.59. The fourth-order valence-corrected chi connectivity index (χ4v) is 3.97. The van der Waals surface area contributed by atoms with E-state index in [0.29, 0.717) is 15.6 Å². The maximum absolute atomic E-state index is 12.5. The number of methoxy groups -OCH3 is 1. The van der Waals surface area contributed by atoms with Crippen molar-refractivity contribution in [2.24, 2.45) is 0 Å². The third-order valence-electron chi connectivity index (χ3n) is 3.33. The summed E-state index contributed by atoms with van der Waals surface area (Å²) in [5, 5.41) is 0.825. The minimum atomic E-state index is -3.85. The Morgan fingerprint density at radius 3 is 2.50 bits per heavy atom. The lowest BCUT2D eigenvalue weighted by atomic mass is 10.1. The molecule has 1 N–H and O–H groups in total. The van der Waals surface area contributed by atoms with Gasteiger partial charge in [-0.25, -0.2) is 17.9 Å². The molecule has 0 fully saturated rings. The maximum Gasteiger partial charge on any atom is 0.337 e. The molecule has 0 amide bonds. The second-order valence-electron chi connectivity index (χ2n) is 5.03. The first-order valence-electron chi connectivity index (χ1n) is 6.90. The van der Waals surface area contributed by atoms with Crippen molar-refractivity contribution in [1.29, 1.82) is 0 Å². The molecular weight excluding hydrogens is 373 g/mol. The molecule has 0 unspecified atom stereocenters. The van der Waals surface area contributed by atoms with E-state index in [0.717, 1.165) is 0 Å². The van der Waals surface area contributed by atoms with Gasteiger partial charge < -0.3 is 4.74 Å². The molecule has 2 aromatic rings. The van der Waals surface area contributed by atoms with E-state index >= 15 is 0 Å². The molecule has 2 aromatic carbocycles. The van der Waals surface area contributed by atoms with Crippen LogP contribution >= 0.6 is 23.2 Å². The highest BCUT2D eigenvalue weighted by Gasteiger charge is 2.21. The van der Waals surface area contributed by atoms with Crippen molar-refractivity contribution in [3.63, 3.8) is 0 Å². The first-order chi connectivity index (χ1) is 11.2. The van der Waals surface area contributed by atoms with Crippen LogP contribution in [0.1, 0.15) is 28.9 Å². The molecule has 2 rings (SSSR count). The quantitative estimate of drug-likeness (QED) is 0.791. The van der Waals surface area contributed by atoms with Crippen LogP contribution in [-0.4, -0.2) is 21.5 Å². The molecule has 0 radical (unpaired) electrons. The van der Waals surface area contributed by atoms with Crippen molar-refractivity contribution in [3.8, 4) is 0 Å². The van der Waals surface area contributed by atoms with Gasteiger partial charge in [-0.05, 0) is 42.8 Å². The monoisotopic (exact) mass is 387 g/mol. The molecule has 0 aliphatic heterocycles. The number of carbonyl (C=O) groups excluding carboxylic acids is 1. The predicted octanol–water partition coefficient (Wildman–Crippen LogP) is 3.82. The fourth-order valence-electron chi connectivity index (χ4n) is 2.13. The Morgan fingerprint density at radius 1 is 1.17 bits per heavy atom. The molecule has 0 aliphatic carbocycles. The number of esters is 1. The summed E-state index contributed by atoms with van der Waals surface area (Å²) in [7, 11) is -2.62. The molecule has 0 bridgehead atoms. The van der Waals surface area contributed by atoms with E-state index in [1.54, 1.807) is 25.1 Å². The number of hydrogen-bond acceptors (Lipinski definition) is 4. The van der Waals surface area contributed by atoms with Crippen molar-refractivity contribution < 1.29 is 17.9 Å². The molecule has 0 aliphatic rings. The molecular formula is C16H15Cl2NO4S. The number of carbonyl (C=O) groups is 1. The number of nitrogens with one attached hydrogen (secondary N) is 1. The summed E-state index contributed by atoms with van der Waals surface area (Å²) in [6, 6.07) is 9.84. The largest absolute Gasteiger partial charge is 0.465 e. The van der Waals surface area contributed by atoms with Gasteiger partial charge in [0.05, 0.1) is 17.6 Å². The van der Waals surface area contributed by atoms with Crippen LogP contribution in [0.3, 0.4) is 0 Å². The zero-order chi connectivity index (χ0) is 17.9. The van der Waals surface area contributed by atoms with E-state index in [1.165, 1.54) is 31.4 Å². The molecule has 0 heterocycles. The molecule has 0 aromatic heterocycles. The number of sulfonamides is 1. The molecule has 0 saturated carbocycles. The van der Waals surface area contributed by atoms with Gasteiger partial charge in [-0.2, -0.15) is 0 Å². The maximum atomic E-state index is 12.5. The third-order valence-corrected chi connectivity index (χ3v) is 5.43. The van der Waals surface area contributed by atoms with Crippen LogP contribution in [0.2, 0.25) is 10.0 Å². The number of hydrogen-bond donors (Lipinski definition) is 1. The van der Waals surface area contributed by atoms with Crippen LogP contribution in [0.4, 0.5) is 0 Å². The average molecular weight is 388 g/mol. The Morgan fingerprint density at radius 2 is 1.88 bits per heavy atom. The van der Waals surface area contributed by atoms with Gasteiger partial charge in [0.25, 0.3) is 0 Å². The SMILES string of the molecule is COC(=O)c1cccc(S(=O)(=O)N[C@@H](C)c2ccc(Cl)cc2Cl)c1. The lowest BCUT2D eigenvalue weighted by Gasteiger charge is -2.16. The Kier molecular flexibility index (Phi) is 5.87. The first-order valence-corrected chi connectivity index (χ1v) is 9.14. The topological polar surface area (TPSA) is 72.5 Å². The Bertz CT molecular complexity index is 868. The summed E-state index contributed by atoms with van der Waals surface area (Å²) in [5.41, 5.74) is 0.742. The molecule has 0 spiro atoms. The van der Waals surface area contributed by atoms with Crippen LogP contribution < -0.4 is 4.72 Å². The summed E-state index contributed by atoms with van der Waals surface area (Å²) in [6.07, 6.45) is 0. The van der Waals surface area contributed by atoms with Crippen molar-refractivity contribution >= 4 is 39.2 Å². The summed E-state index contributed by atoms with van der Waals surface area (Å²) >= 11 is 11.9. The molecule has 128 valence electrons. The van der Waals surface area contributed by atoms with Crippen LogP contribution in [0.5, 0.6) is 0 Å². The minimum Gasteiger partial charge on any atom is -0.465 e. The fraction of sp³-hybridized carbons (Fsp3) is 0.188. The zero-order valence-electron chi connectivity index (χ0n) is 12.9. The van der Waals surface area contributed by atoms with Gasteiger partial charge in [-0.1, -0.05) is 35.3 Å². The normalized spacial score (nSPS) is 12.7. The van der Waals surface area contributed by atoms with Crippen LogP contribution in [0.25, 0.3) is 0 Å². The summed E-state index contributed by atoms with van der Waals surface area (Å²) < 4.78 is 32.2. The van der Waals surface area contributed by atoms with Crippen LogP contribution in [-0.2, 0) is 14.8 Å². The highest BCUT2D eigenvalue weighted by Crippen LogP contribution is 2.27. The highest BCUT2D eigenvalue weighted by atomic mass is 35.5. The Labute approximate surface area is 150 Å². The summed E-state index contributed by atoms with van der Waals surface area (Å²) in [6.45, 7) is 1.66. The lowest BCUT2D eigenvalue weighted by molar-refractivity contribution is 0.0600. The number of ether oxygens (including phenoxy) is 1. The van der Waals surface area contributed by atoms with E-state index in [-0.39, 0.29) is 10.5 Å². The van der Waals surface area contributed by atoms with Gasteiger partial charge in [0.1, 0.15) is 0 Å². The first kappa shape index (κ1) is 18.7. The van der Waals surface area contributed by atoms with Crippen molar-refractivity contribution in [2.75, 3.05) is 7.11 Å². The van der Waals surface area contributed by atoms with E-state index in [9.17, 15) is 13.2 Å². The second kappa shape index (κ2) is 7.53.